The van der Waals surface area contributed by atoms with E-state index in [0.29, 0.717) is 19.3 Å². The lowest BCUT2D eigenvalue weighted by Gasteiger charge is -2.18. The molecule has 6 heteroatoms. The Bertz CT molecular complexity index is 1470. The fourth-order valence-corrected chi connectivity index (χ4v) is 7.24. The average Bonchev–Trinajstić information content (AvgIpc) is 3.35. The lowest BCUT2D eigenvalue weighted by Crippen LogP contribution is -2.30. The highest BCUT2D eigenvalue weighted by Gasteiger charge is 2.19. The molecule has 0 N–H and O–H groups in total. The second-order valence-electron chi connectivity index (χ2n) is 18.1. The van der Waals surface area contributed by atoms with E-state index in [1.165, 1.54) is 96.3 Å². The second-order valence-corrected chi connectivity index (χ2v) is 18.1. The first-order valence-electron chi connectivity index (χ1n) is 28.0. The molecule has 390 valence electrons. The van der Waals surface area contributed by atoms with Crippen molar-refractivity contribution < 1.29 is 28.6 Å². The van der Waals surface area contributed by atoms with E-state index in [-0.39, 0.29) is 44.0 Å². The Balaban J connectivity index is 4.59. The first kappa shape index (κ1) is 64.8. The van der Waals surface area contributed by atoms with Gasteiger partial charge in [-0.05, 0) is 116 Å². The minimum absolute atomic E-state index is 0.130. The van der Waals surface area contributed by atoms with E-state index in [1.54, 1.807) is 0 Å². The summed E-state index contributed by atoms with van der Waals surface area (Å²) in [6.45, 7) is 6.37. The van der Waals surface area contributed by atoms with Crippen molar-refractivity contribution in [3.8, 4) is 0 Å². The third kappa shape index (κ3) is 54.6. The molecule has 1 unspecified atom stereocenters. The van der Waals surface area contributed by atoms with Gasteiger partial charge in [0.15, 0.2) is 6.10 Å². The van der Waals surface area contributed by atoms with Crippen LogP contribution >= 0.6 is 0 Å². The SMILES string of the molecule is CC/C=C\C/C=C\C/C=C\C/C=C\C/C=C\CCC(=O)OCC(COC(=O)CCCCCCC/C=C\CCCCCCCCCCC)OC(=O)CCC/C=C\C/C=C\C/C=C\C/C=C\CCCCC. The fourth-order valence-electron chi connectivity index (χ4n) is 7.24. The van der Waals surface area contributed by atoms with Gasteiger partial charge in [0.1, 0.15) is 13.2 Å². The van der Waals surface area contributed by atoms with Gasteiger partial charge in [-0.1, -0.05) is 226 Å². The predicted molar refractivity (Wildman–Crippen MR) is 297 cm³/mol. The van der Waals surface area contributed by atoms with E-state index in [2.05, 4.69) is 130 Å². The summed E-state index contributed by atoms with van der Waals surface area (Å²) in [6.07, 6.45) is 77.8. The molecule has 0 rings (SSSR count). The Hall–Kier alpha value is -4.19. The van der Waals surface area contributed by atoms with E-state index in [0.717, 1.165) is 89.9 Å². The summed E-state index contributed by atoms with van der Waals surface area (Å²) < 4.78 is 16.7. The second kappa shape index (κ2) is 56.4. The summed E-state index contributed by atoms with van der Waals surface area (Å²) >= 11 is 0. The summed E-state index contributed by atoms with van der Waals surface area (Å²) in [5, 5.41) is 0. The fraction of sp³-hybridized carbons (Fsp3) is 0.635. The van der Waals surface area contributed by atoms with Crippen molar-refractivity contribution in [3.05, 3.63) is 122 Å². The Morgan fingerprint density at radius 1 is 0.304 bits per heavy atom. The topological polar surface area (TPSA) is 78.9 Å². The predicted octanol–water partition coefficient (Wildman–Crippen LogP) is 18.9. The van der Waals surface area contributed by atoms with Crippen LogP contribution in [-0.2, 0) is 28.6 Å². The first-order chi connectivity index (χ1) is 34.0. The summed E-state index contributed by atoms with van der Waals surface area (Å²) in [5.74, 6) is -1.08. The summed E-state index contributed by atoms with van der Waals surface area (Å²) in [4.78, 5) is 38.1. The molecule has 0 amide bonds. The van der Waals surface area contributed by atoms with Crippen LogP contribution in [0.3, 0.4) is 0 Å². The molecule has 0 saturated heterocycles. The van der Waals surface area contributed by atoms with Gasteiger partial charge in [-0.25, -0.2) is 0 Å². The van der Waals surface area contributed by atoms with Crippen molar-refractivity contribution in [1.82, 2.24) is 0 Å². The largest absolute Gasteiger partial charge is 0.462 e. The molecule has 0 aromatic rings. The third-order valence-electron chi connectivity index (χ3n) is 11.4. The molecule has 0 heterocycles. The lowest BCUT2D eigenvalue weighted by molar-refractivity contribution is -0.166. The maximum atomic E-state index is 12.8. The highest BCUT2D eigenvalue weighted by molar-refractivity contribution is 5.71. The van der Waals surface area contributed by atoms with Crippen LogP contribution < -0.4 is 0 Å². The Kier molecular flexibility index (Phi) is 53.0. The van der Waals surface area contributed by atoms with Crippen molar-refractivity contribution in [2.75, 3.05) is 13.2 Å². The molecule has 1 atom stereocenters. The molecule has 0 spiro atoms. The van der Waals surface area contributed by atoms with Crippen LogP contribution in [0.15, 0.2) is 122 Å². The van der Waals surface area contributed by atoms with Crippen molar-refractivity contribution in [3.63, 3.8) is 0 Å². The molecule has 0 fully saturated rings. The van der Waals surface area contributed by atoms with Crippen LogP contribution in [0.4, 0.5) is 0 Å². The zero-order chi connectivity index (χ0) is 50.0. The highest BCUT2D eigenvalue weighted by atomic mass is 16.6. The standard InChI is InChI=1S/C63H102O6/c1-4-7-10-13-16-19-22-25-28-31-33-35-38-41-44-47-50-53-56-62(65)68-59-60(58-67-61(64)55-52-49-46-43-40-37-34-30-27-24-21-18-15-12-9-6-3)69-63(66)57-54-51-48-45-42-39-36-32-29-26-23-20-17-14-11-8-5-2/h9,12,17-18,20-21,26-27,29-30,33,35-37,39-40,45-46,48-49,60H,4-8,10-11,13-16,19,22-25,28,31-32,34,38,41-44,47,50-59H2,1-3H3/b12-9-,20-17-,21-18-,29-26-,30-27-,35-33-,39-36-,40-37-,48-45-,49-46-. The van der Waals surface area contributed by atoms with E-state index < -0.39 is 6.10 Å². The molecule has 0 aliphatic rings. The van der Waals surface area contributed by atoms with Gasteiger partial charge < -0.3 is 14.2 Å². The first-order valence-corrected chi connectivity index (χ1v) is 28.0. The van der Waals surface area contributed by atoms with Crippen LogP contribution in [0.2, 0.25) is 0 Å². The molecule has 0 aromatic heterocycles. The Morgan fingerprint density at radius 3 is 1.06 bits per heavy atom. The lowest BCUT2D eigenvalue weighted by atomic mass is 10.1. The van der Waals surface area contributed by atoms with Gasteiger partial charge >= 0.3 is 17.9 Å². The van der Waals surface area contributed by atoms with Gasteiger partial charge in [-0.15, -0.1) is 0 Å². The molecule has 0 bridgehead atoms. The van der Waals surface area contributed by atoms with Gasteiger partial charge in [0.25, 0.3) is 0 Å². The van der Waals surface area contributed by atoms with Crippen molar-refractivity contribution in [2.45, 2.75) is 245 Å². The molecule has 0 aromatic carbocycles. The van der Waals surface area contributed by atoms with Crippen molar-refractivity contribution >= 4 is 17.9 Å². The molecular formula is C63H102O6. The van der Waals surface area contributed by atoms with Gasteiger partial charge in [-0.3, -0.25) is 14.4 Å². The molecular weight excluding hydrogens is 853 g/mol. The van der Waals surface area contributed by atoms with Gasteiger partial charge in [-0.2, -0.15) is 0 Å². The zero-order valence-corrected chi connectivity index (χ0v) is 44.5. The summed E-state index contributed by atoms with van der Waals surface area (Å²) in [6, 6.07) is 0. The maximum Gasteiger partial charge on any atom is 0.306 e. The molecule has 6 nitrogen and oxygen atoms in total. The highest BCUT2D eigenvalue weighted by Crippen LogP contribution is 2.13. The number of esters is 3. The smallest absolute Gasteiger partial charge is 0.306 e. The number of hydrogen-bond acceptors (Lipinski definition) is 6. The molecule has 0 aliphatic heterocycles. The van der Waals surface area contributed by atoms with E-state index in [9.17, 15) is 14.4 Å². The van der Waals surface area contributed by atoms with Crippen LogP contribution in [-0.4, -0.2) is 37.2 Å². The van der Waals surface area contributed by atoms with Gasteiger partial charge in [0.2, 0.25) is 0 Å². The van der Waals surface area contributed by atoms with E-state index in [1.807, 2.05) is 12.2 Å². The van der Waals surface area contributed by atoms with Gasteiger partial charge in [0.05, 0.1) is 0 Å². The number of ether oxygens (including phenoxy) is 3. The van der Waals surface area contributed by atoms with Crippen molar-refractivity contribution in [1.29, 1.82) is 0 Å². The zero-order valence-electron chi connectivity index (χ0n) is 44.5. The monoisotopic (exact) mass is 955 g/mol. The Morgan fingerprint density at radius 2 is 0.609 bits per heavy atom. The quantitative estimate of drug-likeness (QED) is 0.0262. The number of carbonyl (C=O) groups excluding carboxylic acids is 3. The normalized spacial score (nSPS) is 13.0. The third-order valence-corrected chi connectivity index (χ3v) is 11.4. The molecule has 0 saturated carbocycles. The summed E-state index contributed by atoms with van der Waals surface area (Å²) in [7, 11) is 0. The van der Waals surface area contributed by atoms with Crippen LogP contribution in [0.25, 0.3) is 0 Å². The average molecular weight is 956 g/mol. The molecule has 0 aliphatic carbocycles. The molecule has 0 radical (unpaired) electrons. The van der Waals surface area contributed by atoms with E-state index >= 15 is 0 Å². The summed E-state index contributed by atoms with van der Waals surface area (Å²) in [5.41, 5.74) is 0. The maximum absolute atomic E-state index is 12.8. The van der Waals surface area contributed by atoms with Crippen LogP contribution in [0.1, 0.15) is 239 Å². The number of unbranched alkanes of at least 4 members (excludes halogenated alkanes) is 18. The number of rotatable bonds is 49. The Labute approximate surface area is 424 Å². The minimum atomic E-state index is -0.843. The minimum Gasteiger partial charge on any atom is -0.462 e. The van der Waals surface area contributed by atoms with Gasteiger partial charge in [0, 0.05) is 19.3 Å². The number of allylic oxidation sites excluding steroid dienone is 20. The van der Waals surface area contributed by atoms with Crippen LogP contribution in [0, 0.1) is 0 Å². The number of carbonyl (C=O) groups is 3. The van der Waals surface area contributed by atoms with Crippen LogP contribution in [0.5, 0.6) is 0 Å². The van der Waals surface area contributed by atoms with Crippen molar-refractivity contribution in [2.24, 2.45) is 0 Å². The van der Waals surface area contributed by atoms with E-state index in [4.69, 9.17) is 14.2 Å². The molecule has 69 heavy (non-hydrogen) atoms. The number of hydrogen-bond donors (Lipinski definition) is 0.